The third-order valence-corrected chi connectivity index (χ3v) is 4.48. The van der Waals surface area contributed by atoms with Crippen LogP contribution >= 0.6 is 24.0 Å². The number of hydrogen-bond donors (Lipinski definition) is 2. The van der Waals surface area contributed by atoms with Crippen molar-refractivity contribution in [2.75, 3.05) is 38.1 Å². The third-order valence-electron chi connectivity index (χ3n) is 4.48. The zero-order valence-electron chi connectivity index (χ0n) is 17.1. The maximum atomic E-state index is 13.7. The van der Waals surface area contributed by atoms with E-state index in [0.717, 1.165) is 17.7 Å². The molecule has 1 unspecified atom stereocenters. The van der Waals surface area contributed by atoms with E-state index in [1.807, 2.05) is 25.1 Å². The summed E-state index contributed by atoms with van der Waals surface area (Å²) in [6.45, 7) is 3.70. The molecule has 31 heavy (non-hydrogen) atoms. The second-order valence-electron chi connectivity index (χ2n) is 6.69. The standard InChI is InChI=1S/C19H23F3N6O2.HI/c1-3-23-19(28-6-7-30-15(11-28)12-8-25-27(2)10-12)24-9-16(29)26-14-5-4-13(20)17(21)18(14)22;/h4-5,8,10,15H,3,6-7,9,11H2,1-2H3,(H,23,24)(H,26,29);1H. The van der Waals surface area contributed by atoms with Gasteiger partial charge in [0.15, 0.2) is 23.4 Å². The van der Waals surface area contributed by atoms with Crippen LogP contribution < -0.4 is 10.6 Å². The fourth-order valence-corrected chi connectivity index (χ4v) is 3.03. The van der Waals surface area contributed by atoms with Gasteiger partial charge >= 0.3 is 0 Å². The zero-order chi connectivity index (χ0) is 21.7. The van der Waals surface area contributed by atoms with Gasteiger partial charge in [-0.05, 0) is 19.1 Å². The third kappa shape index (κ3) is 6.32. The Morgan fingerprint density at radius 1 is 1.32 bits per heavy atom. The molecule has 8 nitrogen and oxygen atoms in total. The molecule has 1 saturated heterocycles. The highest BCUT2D eigenvalue weighted by atomic mass is 127. The average Bonchev–Trinajstić information content (AvgIpc) is 3.18. The van der Waals surface area contributed by atoms with Crippen LogP contribution in [0, 0.1) is 17.5 Å². The number of ether oxygens (including phenoxy) is 1. The number of rotatable bonds is 5. The number of halogens is 4. The van der Waals surface area contributed by atoms with E-state index in [0.29, 0.717) is 32.2 Å². The first-order valence-electron chi connectivity index (χ1n) is 9.45. The van der Waals surface area contributed by atoms with Crippen LogP contribution in [0.25, 0.3) is 0 Å². The molecule has 12 heteroatoms. The van der Waals surface area contributed by atoms with Crippen molar-refractivity contribution < 1.29 is 22.7 Å². The zero-order valence-corrected chi connectivity index (χ0v) is 19.4. The number of guanidine groups is 1. The average molecular weight is 552 g/mol. The minimum atomic E-state index is -1.64. The minimum absolute atomic E-state index is 0. The summed E-state index contributed by atoms with van der Waals surface area (Å²) < 4.78 is 47.6. The van der Waals surface area contributed by atoms with Crippen molar-refractivity contribution >= 4 is 41.5 Å². The molecule has 0 saturated carbocycles. The fraction of sp³-hybridized carbons (Fsp3) is 0.421. The summed E-state index contributed by atoms with van der Waals surface area (Å²) in [7, 11) is 1.82. The van der Waals surface area contributed by atoms with Gasteiger partial charge < -0.3 is 20.3 Å². The summed E-state index contributed by atoms with van der Waals surface area (Å²) in [5.41, 5.74) is 0.492. The normalized spacial score (nSPS) is 16.6. The molecular formula is C19H24F3IN6O2. The number of nitrogens with one attached hydrogen (secondary N) is 2. The number of carbonyl (C=O) groups excluding carboxylic acids is 1. The highest BCUT2D eigenvalue weighted by molar-refractivity contribution is 14.0. The van der Waals surface area contributed by atoms with Gasteiger partial charge in [-0.15, -0.1) is 24.0 Å². The van der Waals surface area contributed by atoms with Gasteiger partial charge in [0.25, 0.3) is 0 Å². The number of aryl methyl sites for hydroxylation is 1. The number of nitrogens with zero attached hydrogens (tertiary/aromatic N) is 4. The molecule has 1 atom stereocenters. The number of amides is 1. The highest BCUT2D eigenvalue weighted by Gasteiger charge is 2.25. The predicted octanol–water partition coefficient (Wildman–Crippen LogP) is 2.43. The van der Waals surface area contributed by atoms with E-state index in [4.69, 9.17) is 4.74 Å². The molecule has 2 aromatic rings. The Morgan fingerprint density at radius 2 is 2.10 bits per heavy atom. The van der Waals surface area contributed by atoms with Crippen LogP contribution in [0.2, 0.25) is 0 Å². The van der Waals surface area contributed by atoms with Gasteiger partial charge in [-0.2, -0.15) is 5.10 Å². The molecule has 2 heterocycles. The van der Waals surface area contributed by atoms with Gasteiger partial charge in [0.1, 0.15) is 12.6 Å². The van der Waals surface area contributed by atoms with Crippen LogP contribution in [0.5, 0.6) is 0 Å². The number of anilines is 1. The molecule has 1 aliphatic heterocycles. The van der Waals surface area contributed by atoms with Crippen molar-refractivity contribution in [3.05, 3.63) is 47.5 Å². The van der Waals surface area contributed by atoms with E-state index in [-0.39, 0.29) is 36.6 Å². The van der Waals surface area contributed by atoms with E-state index in [1.165, 1.54) is 0 Å². The Labute approximate surface area is 194 Å². The SMILES string of the molecule is CCNC(=NCC(=O)Nc1ccc(F)c(F)c1F)N1CCOC(c2cnn(C)c2)C1.I. The maximum absolute atomic E-state index is 13.7. The molecule has 170 valence electrons. The molecule has 0 spiro atoms. The van der Waals surface area contributed by atoms with Crippen molar-refractivity contribution in [2.24, 2.45) is 12.0 Å². The topological polar surface area (TPSA) is 83.8 Å². The smallest absolute Gasteiger partial charge is 0.246 e. The molecule has 1 amide bonds. The summed E-state index contributed by atoms with van der Waals surface area (Å²) in [4.78, 5) is 18.4. The largest absolute Gasteiger partial charge is 0.370 e. The molecule has 1 aromatic carbocycles. The first-order chi connectivity index (χ1) is 14.4. The summed E-state index contributed by atoms with van der Waals surface area (Å²) in [6.07, 6.45) is 3.42. The first kappa shape index (κ1) is 24.9. The van der Waals surface area contributed by atoms with Gasteiger partial charge in [-0.25, -0.2) is 18.2 Å². The molecule has 1 fully saturated rings. The van der Waals surface area contributed by atoms with E-state index >= 15 is 0 Å². The lowest BCUT2D eigenvalue weighted by Gasteiger charge is -2.34. The number of aromatic nitrogens is 2. The first-order valence-corrected chi connectivity index (χ1v) is 9.45. The number of hydrogen-bond acceptors (Lipinski definition) is 4. The van der Waals surface area contributed by atoms with Crippen LogP contribution in [0.3, 0.4) is 0 Å². The van der Waals surface area contributed by atoms with Crippen LogP contribution in [0.15, 0.2) is 29.5 Å². The lowest BCUT2D eigenvalue weighted by atomic mass is 10.1. The van der Waals surface area contributed by atoms with Gasteiger partial charge in [-0.3, -0.25) is 9.48 Å². The lowest BCUT2D eigenvalue weighted by Crippen LogP contribution is -2.48. The Morgan fingerprint density at radius 3 is 2.77 bits per heavy atom. The Bertz CT molecular complexity index is 939. The Kier molecular flexibility index (Phi) is 9.10. The van der Waals surface area contributed by atoms with Crippen molar-refractivity contribution in [3.63, 3.8) is 0 Å². The monoisotopic (exact) mass is 552 g/mol. The quantitative estimate of drug-likeness (QED) is 0.258. The Balaban J connectivity index is 0.00000341. The maximum Gasteiger partial charge on any atom is 0.246 e. The van der Waals surface area contributed by atoms with Gasteiger partial charge in [-0.1, -0.05) is 0 Å². The van der Waals surface area contributed by atoms with Crippen molar-refractivity contribution in [3.8, 4) is 0 Å². The summed E-state index contributed by atoms with van der Waals surface area (Å²) >= 11 is 0. The molecule has 0 radical (unpaired) electrons. The molecule has 3 rings (SSSR count). The van der Waals surface area contributed by atoms with Crippen LogP contribution in [-0.2, 0) is 16.6 Å². The Hall–Kier alpha value is -2.35. The number of morpholine rings is 1. The van der Waals surface area contributed by atoms with Gasteiger partial charge in [0.05, 0.1) is 25.0 Å². The number of aliphatic imine (C=N–C) groups is 1. The van der Waals surface area contributed by atoms with Crippen LogP contribution in [0.4, 0.5) is 18.9 Å². The van der Waals surface area contributed by atoms with E-state index < -0.39 is 29.0 Å². The van der Waals surface area contributed by atoms with Crippen molar-refractivity contribution in [2.45, 2.75) is 13.0 Å². The van der Waals surface area contributed by atoms with Gasteiger partial charge in [0.2, 0.25) is 5.91 Å². The second kappa shape index (κ2) is 11.3. The molecule has 1 aromatic heterocycles. The van der Waals surface area contributed by atoms with Crippen LogP contribution in [-0.4, -0.2) is 59.3 Å². The van der Waals surface area contributed by atoms with E-state index in [2.05, 4.69) is 20.7 Å². The second-order valence-corrected chi connectivity index (χ2v) is 6.69. The minimum Gasteiger partial charge on any atom is -0.370 e. The van der Waals surface area contributed by atoms with Crippen molar-refractivity contribution in [1.29, 1.82) is 0 Å². The molecule has 0 aliphatic carbocycles. The molecular weight excluding hydrogens is 528 g/mol. The van der Waals surface area contributed by atoms with E-state index in [1.54, 1.807) is 10.9 Å². The molecule has 2 N–H and O–H groups in total. The number of benzene rings is 1. The molecule has 1 aliphatic rings. The molecule has 0 bridgehead atoms. The summed E-state index contributed by atoms with van der Waals surface area (Å²) in [6, 6.07) is 1.70. The predicted molar refractivity (Wildman–Crippen MR) is 120 cm³/mol. The fourth-order valence-electron chi connectivity index (χ4n) is 3.03. The van der Waals surface area contributed by atoms with Crippen molar-refractivity contribution in [1.82, 2.24) is 20.0 Å². The number of carbonyl (C=O) groups is 1. The highest BCUT2D eigenvalue weighted by Crippen LogP contribution is 2.22. The van der Waals surface area contributed by atoms with E-state index in [9.17, 15) is 18.0 Å². The lowest BCUT2D eigenvalue weighted by molar-refractivity contribution is -0.114. The van der Waals surface area contributed by atoms with Crippen LogP contribution in [0.1, 0.15) is 18.6 Å². The van der Waals surface area contributed by atoms with Gasteiger partial charge in [0, 0.05) is 31.9 Å². The summed E-state index contributed by atoms with van der Waals surface area (Å²) in [5, 5.41) is 9.47. The summed E-state index contributed by atoms with van der Waals surface area (Å²) in [5.74, 6) is -4.58.